The number of carbonyl (C=O) groups is 3. The summed E-state index contributed by atoms with van der Waals surface area (Å²) >= 11 is 1.38. The van der Waals surface area contributed by atoms with Crippen molar-refractivity contribution in [1.29, 1.82) is 0 Å². The number of amides is 2. The Morgan fingerprint density at radius 1 is 1.31 bits per heavy atom. The highest BCUT2D eigenvalue weighted by Crippen LogP contribution is 2.50. The lowest BCUT2D eigenvalue weighted by Crippen LogP contribution is -2.70. The van der Waals surface area contributed by atoms with E-state index in [0.717, 1.165) is 0 Å². The van der Waals surface area contributed by atoms with Crippen LogP contribution >= 0.6 is 11.8 Å². The van der Waals surface area contributed by atoms with Gasteiger partial charge in [-0.3, -0.25) is 14.4 Å². The minimum absolute atomic E-state index is 0.0140. The quantitative estimate of drug-likeness (QED) is 0.718. The van der Waals surface area contributed by atoms with E-state index in [1.54, 1.807) is 38.5 Å². The second-order valence-corrected chi connectivity index (χ2v) is 9.00. The van der Waals surface area contributed by atoms with Crippen molar-refractivity contribution in [2.24, 2.45) is 0 Å². The zero-order chi connectivity index (χ0) is 19.4. The van der Waals surface area contributed by atoms with Gasteiger partial charge in [-0.15, -0.1) is 11.8 Å². The number of aromatic nitrogens is 1. The van der Waals surface area contributed by atoms with Crippen LogP contribution in [0.3, 0.4) is 0 Å². The van der Waals surface area contributed by atoms with E-state index in [9.17, 15) is 24.3 Å². The molecule has 0 saturated carbocycles. The second kappa shape index (κ2) is 6.15. The molecule has 3 atom stereocenters. The summed E-state index contributed by atoms with van der Waals surface area (Å²) in [7, 11) is 0. The predicted molar refractivity (Wildman–Crippen MR) is 95.8 cm³/mol. The van der Waals surface area contributed by atoms with Gasteiger partial charge in [0, 0.05) is 28.3 Å². The number of thioether (sulfide) groups is 1. The highest BCUT2D eigenvalue weighted by atomic mass is 32.2. The Kier molecular flexibility index (Phi) is 4.38. The van der Waals surface area contributed by atoms with Crippen LogP contribution in [0.5, 0.6) is 0 Å². The molecule has 0 spiro atoms. The van der Waals surface area contributed by atoms with Gasteiger partial charge in [0.05, 0.1) is 0 Å². The van der Waals surface area contributed by atoms with E-state index in [0.29, 0.717) is 11.3 Å². The molecule has 2 fully saturated rings. The number of β-lactam (4-membered cyclic amide) rings is 1. The Labute approximate surface area is 154 Å². The number of fused-ring (bicyclic) bond motifs is 1. The van der Waals surface area contributed by atoms with E-state index in [1.807, 2.05) is 0 Å². The summed E-state index contributed by atoms with van der Waals surface area (Å²) in [6, 6.07) is -0.162. The number of aryl methyl sites for hydroxylation is 2. The summed E-state index contributed by atoms with van der Waals surface area (Å²) in [4.78, 5) is 49.2. The van der Waals surface area contributed by atoms with Crippen molar-refractivity contribution < 1.29 is 19.5 Å². The molecule has 0 radical (unpaired) electrons. The van der Waals surface area contributed by atoms with Gasteiger partial charge >= 0.3 is 5.97 Å². The highest BCUT2D eigenvalue weighted by molar-refractivity contribution is 8.01. The third-order valence-corrected chi connectivity index (χ3v) is 6.41. The van der Waals surface area contributed by atoms with E-state index in [4.69, 9.17) is 0 Å². The normalized spacial score (nSPS) is 26.2. The molecule has 2 saturated heterocycles. The predicted octanol–water partition coefficient (Wildman–Crippen LogP) is 0.0968. The molecule has 0 unspecified atom stereocenters. The molecular formula is C17H21N3O5S. The molecule has 140 valence electrons. The molecule has 2 aliphatic rings. The molecule has 0 aromatic carbocycles. The van der Waals surface area contributed by atoms with Crippen LogP contribution < -0.4 is 10.7 Å². The maximum atomic E-state index is 12.4. The number of pyridine rings is 1. The van der Waals surface area contributed by atoms with Crippen LogP contribution in [0.1, 0.15) is 25.1 Å². The molecule has 0 aliphatic carbocycles. The molecular weight excluding hydrogens is 358 g/mol. The first kappa shape index (κ1) is 18.5. The molecule has 1 aromatic heterocycles. The summed E-state index contributed by atoms with van der Waals surface area (Å²) in [5.41, 5.74) is 1.10. The van der Waals surface area contributed by atoms with Crippen LogP contribution in [0.4, 0.5) is 0 Å². The van der Waals surface area contributed by atoms with Gasteiger partial charge in [0.25, 0.3) is 0 Å². The monoisotopic (exact) mass is 379 g/mol. The molecule has 26 heavy (non-hydrogen) atoms. The third-order valence-electron chi connectivity index (χ3n) is 4.84. The number of hydrogen-bond donors (Lipinski definition) is 2. The van der Waals surface area contributed by atoms with Gasteiger partial charge in [-0.05, 0) is 27.7 Å². The minimum Gasteiger partial charge on any atom is -0.480 e. The summed E-state index contributed by atoms with van der Waals surface area (Å²) in [5, 5.41) is 11.7. The van der Waals surface area contributed by atoms with Gasteiger partial charge in [-0.1, -0.05) is 0 Å². The van der Waals surface area contributed by atoms with Crippen molar-refractivity contribution in [1.82, 2.24) is 14.8 Å². The molecule has 2 N–H and O–H groups in total. The number of nitrogens with zero attached hydrogens (tertiary/aromatic N) is 2. The Bertz CT molecular complexity index is 862. The Balaban J connectivity index is 1.70. The lowest BCUT2D eigenvalue weighted by molar-refractivity contribution is -0.161. The zero-order valence-electron chi connectivity index (χ0n) is 15.0. The fourth-order valence-corrected chi connectivity index (χ4v) is 5.10. The topological polar surface area (TPSA) is 109 Å². The first-order chi connectivity index (χ1) is 12.0. The van der Waals surface area contributed by atoms with E-state index in [2.05, 4.69) is 5.32 Å². The number of carboxylic acids is 1. The summed E-state index contributed by atoms with van der Waals surface area (Å²) < 4.78 is 1.02. The average Bonchev–Trinajstić information content (AvgIpc) is 2.78. The molecule has 3 rings (SSSR count). The Morgan fingerprint density at radius 2 is 1.96 bits per heavy atom. The number of rotatable bonds is 4. The number of nitrogens with one attached hydrogen (secondary N) is 1. The first-order valence-electron chi connectivity index (χ1n) is 8.23. The second-order valence-electron chi connectivity index (χ2n) is 7.23. The fraction of sp³-hybridized carbons (Fsp3) is 0.529. The van der Waals surface area contributed by atoms with Crippen molar-refractivity contribution in [2.45, 2.75) is 56.4 Å². The first-order valence-corrected chi connectivity index (χ1v) is 9.11. The van der Waals surface area contributed by atoms with E-state index in [-0.39, 0.29) is 29.2 Å². The molecule has 9 heteroatoms. The maximum absolute atomic E-state index is 12.4. The van der Waals surface area contributed by atoms with E-state index < -0.39 is 22.8 Å². The number of hydrogen-bond acceptors (Lipinski definition) is 5. The summed E-state index contributed by atoms with van der Waals surface area (Å²) in [6.07, 6.45) is 1.61. The summed E-state index contributed by atoms with van der Waals surface area (Å²) in [6.45, 7) is 6.96. The van der Waals surface area contributed by atoms with Crippen molar-refractivity contribution in [3.05, 3.63) is 33.7 Å². The van der Waals surface area contributed by atoms with Crippen LogP contribution in [-0.2, 0) is 20.9 Å². The van der Waals surface area contributed by atoms with Crippen molar-refractivity contribution >= 4 is 29.5 Å². The van der Waals surface area contributed by atoms with Crippen LogP contribution in [0.2, 0.25) is 0 Å². The summed E-state index contributed by atoms with van der Waals surface area (Å²) in [5.74, 6) is -1.77. The SMILES string of the molecule is Cc1cn(CC(=O)N[C@@H]2C(=O)N3[C@@H]2SC(C)(C)[C@@H]3C(=O)O)c(C)cc1=O. The number of carbonyl (C=O) groups excluding carboxylic acids is 2. The number of carboxylic acid groups (broad SMARTS) is 1. The van der Waals surface area contributed by atoms with Gasteiger partial charge in [-0.25, -0.2) is 4.79 Å². The molecule has 1 aromatic rings. The van der Waals surface area contributed by atoms with Gasteiger partial charge in [0.1, 0.15) is 24.0 Å². The number of aliphatic carboxylic acids is 1. The van der Waals surface area contributed by atoms with Crippen LogP contribution in [0.25, 0.3) is 0 Å². The Morgan fingerprint density at radius 3 is 2.58 bits per heavy atom. The van der Waals surface area contributed by atoms with Crippen LogP contribution in [0, 0.1) is 13.8 Å². The van der Waals surface area contributed by atoms with Crippen LogP contribution in [-0.4, -0.2) is 54.6 Å². The largest absolute Gasteiger partial charge is 0.480 e. The zero-order valence-corrected chi connectivity index (χ0v) is 15.8. The average molecular weight is 379 g/mol. The fourth-order valence-electron chi connectivity index (χ4n) is 3.48. The van der Waals surface area contributed by atoms with Gasteiger partial charge in [0.2, 0.25) is 11.8 Å². The third kappa shape index (κ3) is 2.90. The molecule has 0 bridgehead atoms. The van der Waals surface area contributed by atoms with Crippen molar-refractivity contribution in [3.8, 4) is 0 Å². The molecule has 3 heterocycles. The standard InChI is InChI=1S/C17H21N3O5S/c1-8-6-19(9(2)5-10(8)21)7-11(22)18-12-14(23)20-13(16(24)25)17(3,4)26-15(12)20/h5-6,12-13,15H,7H2,1-4H3,(H,18,22)(H,24,25)/t12-,13+,15-/m1/s1. The Hall–Kier alpha value is -2.29. The van der Waals surface area contributed by atoms with Gasteiger partial charge < -0.3 is 19.9 Å². The molecule has 2 amide bonds. The maximum Gasteiger partial charge on any atom is 0.327 e. The van der Waals surface area contributed by atoms with Crippen LogP contribution in [0.15, 0.2) is 17.1 Å². The van der Waals surface area contributed by atoms with E-state index >= 15 is 0 Å². The highest BCUT2D eigenvalue weighted by Gasteiger charge is 2.64. The van der Waals surface area contributed by atoms with E-state index in [1.165, 1.54) is 22.7 Å². The van der Waals surface area contributed by atoms with Crippen molar-refractivity contribution in [2.75, 3.05) is 0 Å². The molecule has 8 nitrogen and oxygen atoms in total. The minimum atomic E-state index is -1.04. The van der Waals surface area contributed by atoms with Gasteiger partial charge in [-0.2, -0.15) is 0 Å². The lowest BCUT2D eigenvalue weighted by Gasteiger charge is -2.43. The smallest absolute Gasteiger partial charge is 0.327 e. The van der Waals surface area contributed by atoms with Crippen molar-refractivity contribution in [3.63, 3.8) is 0 Å². The molecule has 2 aliphatic heterocycles. The van der Waals surface area contributed by atoms with Gasteiger partial charge in [0.15, 0.2) is 5.43 Å². The lowest BCUT2D eigenvalue weighted by atomic mass is 9.96.